The van der Waals surface area contributed by atoms with Crippen molar-refractivity contribution in [3.63, 3.8) is 0 Å². The average Bonchev–Trinajstić information content (AvgIpc) is 2.17. The summed E-state index contributed by atoms with van der Waals surface area (Å²) in [4.78, 5) is 4.51. The number of hydrogen-bond acceptors (Lipinski definition) is 3. The highest BCUT2D eigenvalue weighted by atomic mass is 35.5. The SMILES string of the molecule is COc1cc(CCON)c(Cl)cc1C. The van der Waals surface area contributed by atoms with Gasteiger partial charge in [0.1, 0.15) is 5.75 Å². The summed E-state index contributed by atoms with van der Waals surface area (Å²) in [6.45, 7) is 2.40. The number of hydrogen-bond donors (Lipinski definition) is 1. The van der Waals surface area contributed by atoms with Crippen molar-refractivity contribution < 1.29 is 9.57 Å². The highest BCUT2D eigenvalue weighted by Crippen LogP contribution is 2.26. The lowest BCUT2D eigenvalue weighted by Gasteiger charge is -2.09. The van der Waals surface area contributed by atoms with Gasteiger partial charge in [0.2, 0.25) is 0 Å². The summed E-state index contributed by atoms with van der Waals surface area (Å²) in [5.74, 6) is 5.79. The Bertz CT molecular complexity index is 315. The van der Waals surface area contributed by atoms with Crippen molar-refractivity contribution in [1.29, 1.82) is 0 Å². The van der Waals surface area contributed by atoms with E-state index in [1.54, 1.807) is 7.11 Å². The molecule has 0 atom stereocenters. The van der Waals surface area contributed by atoms with E-state index in [-0.39, 0.29) is 0 Å². The number of nitrogens with two attached hydrogens (primary N) is 1. The second-order valence-electron chi connectivity index (χ2n) is 3.03. The molecule has 0 aliphatic heterocycles. The quantitative estimate of drug-likeness (QED) is 0.783. The summed E-state index contributed by atoms with van der Waals surface area (Å²) < 4.78 is 5.19. The van der Waals surface area contributed by atoms with E-state index in [4.69, 9.17) is 22.2 Å². The van der Waals surface area contributed by atoms with Crippen LogP contribution < -0.4 is 10.6 Å². The van der Waals surface area contributed by atoms with Crippen LogP contribution in [0.2, 0.25) is 5.02 Å². The molecule has 4 heteroatoms. The lowest BCUT2D eigenvalue weighted by Crippen LogP contribution is -2.04. The lowest BCUT2D eigenvalue weighted by molar-refractivity contribution is 0.141. The molecule has 0 radical (unpaired) electrons. The minimum absolute atomic E-state index is 0.450. The first kappa shape index (κ1) is 11.3. The molecular formula is C10H14ClNO2. The number of methoxy groups -OCH3 is 1. The van der Waals surface area contributed by atoms with Crippen LogP contribution in [0.1, 0.15) is 11.1 Å². The zero-order chi connectivity index (χ0) is 10.6. The van der Waals surface area contributed by atoms with Crippen molar-refractivity contribution in [1.82, 2.24) is 0 Å². The maximum absolute atomic E-state index is 6.04. The standard InChI is InChI=1S/C10H14ClNO2/c1-7-5-9(11)8(3-4-14-12)6-10(7)13-2/h5-6H,3-4,12H2,1-2H3. The van der Waals surface area contributed by atoms with Crippen LogP contribution in [0.3, 0.4) is 0 Å². The molecule has 0 aliphatic carbocycles. The van der Waals surface area contributed by atoms with Gasteiger partial charge in [-0.1, -0.05) is 11.6 Å². The van der Waals surface area contributed by atoms with E-state index in [0.29, 0.717) is 13.0 Å². The Morgan fingerprint density at radius 3 is 2.71 bits per heavy atom. The van der Waals surface area contributed by atoms with Crippen LogP contribution in [-0.2, 0) is 11.3 Å². The fraction of sp³-hybridized carbons (Fsp3) is 0.400. The summed E-state index contributed by atoms with van der Waals surface area (Å²) in [5, 5.41) is 0.723. The largest absolute Gasteiger partial charge is 0.496 e. The fourth-order valence-electron chi connectivity index (χ4n) is 1.28. The summed E-state index contributed by atoms with van der Waals surface area (Å²) >= 11 is 6.04. The second kappa shape index (κ2) is 5.20. The molecule has 0 aromatic heterocycles. The molecule has 0 unspecified atom stereocenters. The maximum Gasteiger partial charge on any atom is 0.122 e. The molecule has 0 spiro atoms. The first-order valence-electron chi connectivity index (χ1n) is 4.33. The van der Waals surface area contributed by atoms with E-state index in [0.717, 1.165) is 21.9 Å². The van der Waals surface area contributed by atoms with Crippen molar-refractivity contribution in [3.05, 3.63) is 28.3 Å². The Morgan fingerprint density at radius 1 is 1.43 bits per heavy atom. The Morgan fingerprint density at radius 2 is 2.14 bits per heavy atom. The van der Waals surface area contributed by atoms with Gasteiger partial charge in [0.15, 0.2) is 0 Å². The highest BCUT2D eigenvalue weighted by molar-refractivity contribution is 6.31. The maximum atomic E-state index is 6.04. The van der Waals surface area contributed by atoms with Crippen molar-refractivity contribution in [2.45, 2.75) is 13.3 Å². The Labute approximate surface area is 88.7 Å². The molecule has 0 bridgehead atoms. The van der Waals surface area contributed by atoms with Gasteiger partial charge in [0.25, 0.3) is 0 Å². The van der Waals surface area contributed by atoms with Crippen molar-refractivity contribution in [3.8, 4) is 5.75 Å². The fourth-order valence-corrected chi connectivity index (χ4v) is 1.59. The molecule has 1 aromatic carbocycles. The normalized spacial score (nSPS) is 10.3. The Balaban J connectivity index is 2.92. The monoisotopic (exact) mass is 215 g/mol. The van der Waals surface area contributed by atoms with Crippen molar-refractivity contribution in [2.75, 3.05) is 13.7 Å². The summed E-state index contributed by atoms with van der Waals surface area (Å²) in [6, 6.07) is 3.79. The molecular weight excluding hydrogens is 202 g/mol. The van der Waals surface area contributed by atoms with E-state index in [2.05, 4.69) is 4.84 Å². The molecule has 3 nitrogen and oxygen atoms in total. The van der Waals surface area contributed by atoms with Crippen molar-refractivity contribution in [2.24, 2.45) is 5.90 Å². The molecule has 1 aromatic rings. The lowest BCUT2D eigenvalue weighted by atomic mass is 10.1. The van der Waals surface area contributed by atoms with Crippen LogP contribution in [0.5, 0.6) is 5.75 Å². The van der Waals surface area contributed by atoms with Gasteiger partial charge in [0.05, 0.1) is 13.7 Å². The van der Waals surface area contributed by atoms with E-state index in [9.17, 15) is 0 Å². The summed E-state index contributed by atoms with van der Waals surface area (Å²) in [6.07, 6.45) is 0.686. The molecule has 2 N–H and O–H groups in total. The van der Waals surface area contributed by atoms with Gasteiger partial charge in [-0.05, 0) is 36.6 Å². The number of ether oxygens (including phenoxy) is 1. The molecule has 0 saturated heterocycles. The van der Waals surface area contributed by atoms with Crippen LogP contribution in [0.25, 0.3) is 0 Å². The van der Waals surface area contributed by atoms with Crippen LogP contribution in [-0.4, -0.2) is 13.7 Å². The number of rotatable bonds is 4. The van der Waals surface area contributed by atoms with Crippen LogP contribution in [0.15, 0.2) is 12.1 Å². The molecule has 78 valence electrons. The molecule has 0 fully saturated rings. The number of halogens is 1. The van der Waals surface area contributed by atoms with Gasteiger partial charge in [-0.15, -0.1) is 0 Å². The molecule has 1 rings (SSSR count). The van der Waals surface area contributed by atoms with Crippen molar-refractivity contribution >= 4 is 11.6 Å². The summed E-state index contributed by atoms with van der Waals surface area (Å²) in [5.41, 5.74) is 2.01. The Hall–Kier alpha value is -0.770. The van der Waals surface area contributed by atoms with E-state index in [1.807, 2.05) is 19.1 Å². The van der Waals surface area contributed by atoms with E-state index < -0.39 is 0 Å². The third kappa shape index (κ3) is 2.61. The minimum Gasteiger partial charge on any atom is -0.496 e. The first-order valence-corrected chi connectivity index (χ1v) is 4.71. The topological polar surface area (TPSA) is 44.5 Å². The predicted molar refractivity (Wildman–Crippen MR) is 56.6 cm³/mol. The zero-order valence-corrected chi connectivity index (χ0v) is 9.10. The van der Waals surface area contributed by atoms with Gasteiger partial charge < -0.3 is 9.57 Å². The summed E-state index contributed by atoms with van der Waals surface area (Å²) in [7, 11) is 1.64. The average molecular weight is 216 g/mol. The third-order valence-electron chi connectivity index (χ3n) is 2.05. The van der Waals surface area contributed by atoms with E-state index in [1.165, 1.54) is 0 Å². The minimum atomic E-state index is 0.450. The van der Waals surface area contributed by atoms with Gasteiger partial charge in [-0.3, -0.25) is 0 Å². The van der Waals surface area contributed by atoms with Gasteiger partial charge in [-0.25, -0.2) is 5.90 Å². The predicted octanol–water partition coefficient (Wildman–Crippen LogP) is 2.09. The molecule has 0 heterocycles. The number of aryl methyl sites for hydroxylation is 1. The highest BCUT2D eigenvalue weighted by Gasteiger charge is 2.05. The molecule has 14 heavy (non-hydrogen) atoms. The van der Waals surface area contributed by atoms with Gasteiger partial charge >= 0.3 is 0 Å². The van der Waals surface area contributed by atoms with Gasteiger partial charge in [0, 0.05) is 5.02 Å². The third-order valence-corrected chi connectivity index (χ3v) is 2.40. The van der Waals surface area contributed by atoms with E-state index >= 15 is 0 Å². The van der Waals surface area contributed by atoms with Crippen LogP contribution in [0.4, 0.5) is 0 Å². The second-order valence-corrected chi connectivity index (χ2v) is 3.44. The Kier molecular flexibility index (Phi) is 4.20. The smallest absolute Gasteiger partial charge is 0.122 e. The molecule has 0 aliphatic rings. The molecule has 0 saturated carbocycles. The van der Waals surface area contributed by atoms with Gasteiger partial charge in [-0.2, -0.15) is 0 Å². The van der Waals surface area contributed by atoms with Crippen LogP contribution >= 0.6 is 11.6 Å². The van der Waals surface area contributed by atoms with Crippen LogP contribution in [0, 0.1) is 6.92 Å². The molecule has 0 amide bonds. The first-order chi connectivity index (χ1) is 6.69. The zero-order valence-electron chi connectivity index (χ0n) is 8.34. The number of benzene rings is 1.